The van der Waals surface area contributed by atoms with Crippen molar-refractivity contribution in [1.29, 1.82) is 0 Å². The number of ether oxygens (including phenoxy) is 1. The van der Waals surface area contributed by atoms with Gasteiger partial charge in [-0.25, -0.2) is 0 Å². The van der Waals surface area contributed by atoms with Crippen LogP contribution in [0.3, 0.4) is 0 Å². The molecule has 2 aliphatic heterocycles. The van der Waals surface area contributed by atoms with Crippen molar-refractivity contribution < 1.29 is 14.9 Å². The van der Waals surface area contributed by atoms with Gasteiger partial charge in [-0.05, 0) is 57.4 Å². The molecule has 1 saturated heterocycles. The van der Waals surface area contributed by atoms with Crippen LogP contribution in [-0.2, 0) is 4.74 Å². The van der Waals surface area contributed by atoms with E-state index in [2.05, 4.69) is 45.1 Å². The maximum Gasteiger partial charge on any atom is 0.0925 e. The highest BCUT2D eigenvalue weighted by atomic mass is 16.5. The quantitative estimate of drug-likeness (QED) is 0.758. The van der Waals surface area contributed by atoms with Crippen molar-refractivity contribution in [2.45, 2.75) is 77.1 Å². The Hall–Kier alpha value is -0.900. The molecule has 2 rings (SSSR count). The van der Waals surface area contributed by atoms with Crippen molar-refractivity contribution in [3.8, 4) is 0 Å². The van der Waals surface area contributed by atoms with Crippen LogP contribution in [0.2, 0.25) is 0 Å². The van der Waals surface area contributed by atoms with Crippen LogP contribution >= 0.6 is 0 Å². The largest absolute Gasteiger partial charge is 0.392 e. The Labute approximate surface area is 140 Å². The second kappa shape index (κ2) is 7.33. The molecule has 0 aliphatic carbocycles. The van der Waals surface area contributed by atoms with Crippen LogP contribution in [0.15, 0.2) is 35.5 Å². The average Bonchev–Trinajstić information content (AvgIpc) is 2.88. The molecule has 23 heavy (non-hydrogen) atoms. The first-order valence-electron chi connectivity index (χ1n) is 8.84. The van der Waals surface area contributed by atoms with E-state index in [1.165, 1.54) is 5.57 Å². The fraction of sp³-hybridized carbons (Fsp3) is 0.700. The van der Waals surface area contributed by atoms with Gasteiger partial charge in [0.25, 0.3) is 0 Å². The standard InChI is InChI=1S/C20H32O3/c1-15(2)20-11-10-16(3)6-5-7-17(14-21)8-9-18(22)19(4,23-20)12-13-20/h6-7,10-11,15,18,21-22H,5,8-9,12-14H2,1-4H3. The van der Waals surface area contributed by atoms with Crippen molar-refractivity contribution in [2.75, 3.05) is 6.61 Å². The second-order valence-corrected chi connectivity index (χ2v) is 7.62. The molecule has 2 bridgehead atoms. The van der Waals surface area contributed by atoms with Crippen molar-refractivity contribution >= 4 is 0 Å². The molecule has 3 unspecified atom stereocenters. The Morgan fingerprint density at radius 2 is 2.04 bits per heavy atom. The zero-order chi connectivity index (χ0) is 17.1. The lowest BCUT2D eigenvalue weighted by Crippen LogP contribution is -2.43. The number of hydrogen-bond donors (Lipinski definition) is 2. The lowest BCUT2D eigenvalue weighted by molar-refractivity contribution is -0.145. The van der Waals surface area contributed by atoms with Gasteiger partial charge in [0.1, 0.15) is 0 Å². The monoisotopic (exact) mass is 320 g/mol. The molecule has 2 N–H and O–H groups in total. The summed E-state index contributed by atoms with van der Waals surface area (Å²) in [6, 6.07) is 0. The number of aliphatic hydroxyl groups excluding tert-OH is 2. The van der Waals surface area contributed by atoms with Crippen molar-refractivity contribution in [3.63, 3.8) is 0 Å². The minimum Gasteiger partial charge on any atom is -0.392 e. The first-order valence-corrected chi connectivity index (χ1v) is 8.84. The van der Waals surface area contributed by atoms with E-state index < -0.39 is 11.7 Å². The summed E-state index contributed by atoms with van der Waals surface area (Å²) < 4.78 is 6.50. The van der Waals surface area contributed by atoms with Gasteiger partial charge in [0.2, 0.25) is 0 Å². The van der Waals surface area contributed by atoms with E-state index in [0.717, 1.165) is 24.8 Å². The van der Waals surface area contributed by atoms with Gasteiger partial charge in [-0.1, -0.05) is 43.7 Å². The van der Waals surface area contributed by atoms with Gasteiger partial charge in [0, 0.05) is 0 Å². The molecule has 130 valence electrons. The van der Waals surface area contributed by atoms with E-state index in [-0.39, 0.29) is 12.2 Å². The van der Waals surface area contributed by atoms with Crippen molar-refractivity contribution in [2.24, 2.45) is 5.92 Å². The molecule has 0 radical (unpaired) electrons. The van der Waals surface area contributed by atoms with E-state index in [9.17, 15) is 10.2 Å². The Bertz CT molecular complexity index is 503. The van der Waals surface area contributed by atoms with Gasteiger partial charge < -0.3 is 14.9 Å². The van der Waals surface area contributed by atoms with Crippen LogP contribution in [0.25, 0.3) is 0 Å². The molecule has 2 heterocycles. The highest BCUT2D eigenvalue weighted by Crippen LogP contribution is 2.46. The molecule has 0 aromatic rings. The summed E-state index contributed by atoms with van der Waals surface area (Å²) in [7, 11) is 0. The van der Waals surface area contributed by atoms with Crippen LogP contribution < -0.4 is 0 Å². The molecule has 0 aromatic heterocycles. The Morgan fingerprint density at radius 3 is 2.70 bits per heavy atom. The molecule has 0 amide bonds. The molecule has 0 saturated carbocycles. The minimum atomic E-state index is -0.513. The van der Waals surface area contributed by atoms with Gasteiger partial charge in [-0.3, -0.25) is 0 Å². The van der Waals surface area contributed by atoms with Gasteiger partial charge >= 0.3 is 0 Å². The van der Waals surface area contributed by atoms with Crippen molar-refractivity contribution in [1.82, 2.24) is 0 Å². The van der Waals surface area contributed by atoms with Crippen LogP contribution in [0.5, 0.6) is 0 Å². The molecule has 3 nitrogen and oxygen atoms in total. The number of rotatable bonds is 2. The van der Waals surface area contributed by atoms with Crippen LogP contribution in [0, 0.1) is 5.92 Å². The second-order valence-electron chi connectivity index (χ2n) is 7.62. The maximum atomic E-state index is 10.7. The first-order chi connectivity index (χ1) is 10.8. The van der Waals surface area contributed by atoms with Gasteiger partial charge in [0.15, 0.2) is 0 Å². The van der Waals surface area contributed by atoms with Crippen LogP contribution in [0.4, 0.5) is 0 Å². The van der Waals surface area contributed by atoms with Gasteiger partial charge in [0.05, 0.1) is 23.9 Å². The normalized spacial score (nSPS) is 36.0. The van der Waals surface area contributed by atoms with E-state index in [1.807, 2.05) is 6.92 Å². The SMILES string of the molecule is CC1=CCC=C(CO)CCC(O)C2(C)CCC(C(C)C)(C=C1)O2. The molecular weight excluding hydrogens is 288 g/mol. The summed E-state index contributed by atoms with van der Waals surface area (Å²) in [6.45, 7) is 8.55. The molecule has 0 aromatic carbocycles. The number of allylic oxidation sites excluding steroid dienone is 4. The number of hydrogen-bond acceptors (Lipinski definition) is 3. The fourth-order valence-corrected chi connectivity index (χ4v) is 3.56. The van der Waals surface area contributed by atoms with Gasteiger partial charge in [-0.15, -0.1) is 0 Å². The first kappa shape index (κ1) is 18.4. The van der Waals surface area contributed by atoms with E-state index in [4.69, 9.17) is 4.74 Å². The third-order valence-corrected chi connectivity index (χ3v) is 5.53. The predicted molar refractivity (Wildman–Crippen MR) is 94.2 cm³/mol. The lowest BCUT2D eigenvalue weighted by Gasteiger charge is -2.37. The Kier molecular flexibility index (Phi) is 5.88. The summed E-state index contributed by atoms with van der Waals surface area (Å²) in [5.41, 5.74) is 1.39. The minimum absolute atomic E-state index is 0.0585. The summed E-state index contributed by atoms with van der Waals surface area (Å²) >= 11 is 0. The fourth-order valence-electron chi connectivity index (χ4n) is 3.56. The van der Waals surface area contributed by atoms with E-state index in [1.54, 1.807) is 0 Å². The predicted octanol–water partition coefficient (Wildman–Crippen LogP) is 3.92. The summed E-state index contributed by atoms with van der Waals surface area (Å²) in [6.07, 6.45) is 12.0. The van der Waals surface area contributed by atoms with Crippen molar-refractivity contribution in [3.05, 3.63) is 35.5 Å². The highest BCUT2D eigenvalue weighted by molar-refractivity contribution is 5.23. The summed E-state index contributed by atoms with van der Waals surface area (Å²) in [5.74, 6) is 0.358. The Balaban J connectivity index is 2.35. The van der Waals surface area contributed by atoms with Crippen LogP contribution in [0.1, 0.15) is 59.8 Å². The molecule has 3 atom stereocenters. The molecule has 2 aliphatic rings. The smallest absolute Gasteiger partial charge is 0.0925 e. The van der Waals surface area contributed by atoms with E-state index >= 15 is 0 Å². The number of aliphatic hydroxyl groups is 2. The molecule has 3 heteroatoms. The molecular formula is C20H32O3. The Morgan fingerprint density at radius 1 is 1.30 bits per heavy atom. The van der Waals surface area contributed by atoms with E-state index in [0.29, 0.717) is 18.8 Å². The molecule has 0 spiro atoms. The maximum absolute atomic E-state index is 10.7. The average molecular weight is 320 g/mol. The number of fused-ring (bicyclic) bond motifs is 2. The zero-order valence-corrected chi connectivity index (χ0v) is 15.0. The topological polar surface area (TPSA) is 49.7 Å². The summed E-state index contributed by atoms with van der Waals surface area (Å²) in [4.78, 5) is 0. The third-order valence-electron chi connectivity index (χ3n) is 5.53. The third kappa shape index (κ3) is 4.14. The molecule has 1 fully saturated rings. The van der Waals surface area contributed by atoms with Gasteiger partial charge in [-0.2, -0.15) is 0 Å². The zero-order valence-electron chi connectivity index (χ0n) is 15.0. The lowest BCUT2D eigenvalue weighted by atomic mass is 9.85. The summed E-state index contributed by atoms with van der Waals surface area (Å²) in [5, 5.41) is 20.2. The highest BCUT2D eigenvalue weighted by Gasteiger charge is 2.50. The van der Waals surface area contributed by atoms with Crippen LogP contribution in [-0.4, -0.2) is 34.1 Å².